The topological polar surface area (TPSA) is 88.6 Å². The van der Waals surface area contributed by atoms with Crippen LogP contribution in [0.1, 0.15) is 28.8 Å². The van der Waals surface area contributed by atoms with Crippen molar-refractivity contribution in [1.82, 2.24) is 4.98 Å². The molecule has 0 bridgehead atoms. The van der Waals surface area contributed by atoms with E-state index in [-0.39, 0.29) is 30.6 Å². The van der Waals surface area contributed by atoms with Gasteiger partial charge < -0.3 is 4.74 Å². The Morgan fingerprint density at radius 2 is 1.74 bits per heavy atom. The quantitative estimate of drug-likeness (QED) is 0.569. The molecule has 3 aromatic rings. The van der Waals surface area contributed by atoms with Crippen LogP contribution in [0.25, 0.3) is 11.3 Å². The zero-order chi connectivity index (χ0) is 21.8. The van der Waals surface area contributed by atoms with Gasteiger partial charge in [-0.3, -0.25) is 24.6 Å². The van der Waals surface area contributed by atoms with Crippen LogP contribution in [0, 0.1) is 0 Å². The van der Waals surface area contributed by atoms with Crippen molar-refractivity contribution in [2.24, 2.45) is 0 Å². The second-order valence-corrected chi connectivity index (χ2v) is 7.96. The second kappa shape index (κ2) is 9.20. The molecule has 2 aromatic carbocycles. The van der Waals surface area contributed by atoms with Gasteiger partial charge in [-0.2, -0.15) is 0 Å². The molecule has 1 aromatic heterocycles. The number of ether oxygens (including phenoxy) is 1. The molecule has 1 aliphatic rings. The van der Waals surface area contributed by atoms with E-state index in [4.69, 9.17) is 4.74 Å². The van der Waals surface area contributed by atoms with Crippen LogP contribution >= 0.6 is 11.3 Å². The maximum Gasteiger partial charge on any atom is 0.257 e. The summed E-state index contributed by atoms with van der Waals surface area (Å²) in [5.74, 6) is -0.741. The molecular weight excluding hydrogens is 414 g/mol. The number of imide groups is 1. The minimum atomic E-state index is -0.304. The Bertz CT molecular complexity index is 1090. The van der Waals surface area contributed by atoms with Gasteiger partial charge in [-0.25, -0.2) is 4.98 Å². The fourth-order valence-corrected chi connectivity index (χ4v) is 4.04. The first kappa shape index (κ1) is 20.9. The van der Waals surface area contributed by atoms with Gasteiger partial charge in [0.25, 0.3) is 5.91 Å². The molecule has 8 heteroatoms. The van der Waals surface area contributed by atoms with E-state index in [9.17, 15) is 14.4 Å². The Morgan fingerprint density at radius 3 is 2.39 bits per heavy atom. The third-order valence-electron chi connectivity index (χ3n) is 5.01. The first-order valence-electron chi connectivity index (χ1n) is 9.86. The molecule has 0 spiro atoms. The highest BCUT2D eigenvalue weighted by molar-refractivity contribution is 7.14. The molecule has 4 rings (SSSR count). The number of carbonyl (C=O) groups is 3. The molecule has 0 unspecified atom stereocenters. The summed E-state index contributed by atoms with van der Waals surface area (Å²) in [5.41, 5.74) is 3.86. The zero-order valence-electron chi connectivity index (χ0n) is 17.0. The van der Waals surface area contributed by atoms with Gasteiger partial charge in [-0.05, 0) is 36.2 Å². The van der Waals surface area contributed by atoms with E-state index in [0.717, 1.165) is 22.6 Å². The maximum atomic E-state index is 12.6. The van der Waals surface area contributed by atoms with Crippen LogP contribution in [0.2, 0.25) is 0 Å². The zero-order valence-corrected chi connectivity index (χ0v) is 17.8. The number of hydrogen-bond acceptors (Lipinski definition) is 6. The normalized spacial score (nSPS) is 13.6. The molecule has 0 saturated carbocycles. The lowest BCUT2D eigenvalue weighted by molar-refractivity contribution is -0.121. The number of rotatable bonds is 7. The van der Waals surface area contributed by atoms with E-state index >= 15 is 0 Å². The number of nitrogens with one attached hydrogen (secondary N) is 1. The average Bonchev–Trinajstić information content (AvgIpc) is 3.39. The number of amides is 3. The van der Waals surface area contributed by atoms with Crippen LogP contribution in [0.3, 0.4) is 0 Å². The third-order valence-corrected chi connectivity index (χ3v) is 5.77. The van der Waals surface area contributed by atoms with Crippen molar-refractivity contribution in [3.63, 3.8) is 0 Å². The van der Waals surface area contributed by atoms with Crippen molar-refractivity contribution in [1.29, 1.82) is 0 Å². The maximum absolute atomic E-state index is 12.6. The molecular formula is C23H21N3O4S. The molecule has 31 heavy (non-hydrogen) atoms. The highest BCUT2D eigenvalue weighted by Gasteiger charge is 2.30. The minimum Gasteiger partial charge on any atom is -0.384 e. The fourth-order valence-electron chi connectivity index (χ4n) is 3.32. The van der Waals surface area contributed by atoms with Gasteiger partial charge in [0.05, 0.1) is 18.0 Å². The Hall–Kier alpha value is -3.36. The van der Waals surface area contributed by atoms with Crippen LogP contribution in [0.4, 0.5) is 10.8 Å². The smallest absolute Gasteiger partial charge is 0.257 e. The van der Waals surface area contributed by atoms with Crippen LogP contribution < -0.4 is 10.2 Å². The van der Waals surface area contributed by atoms with Crippen LogP contribution in [-0.2, 0) is 20.7 Å². The van der Waals surface area contributed by atoms with Gasteiger partial charge in [-0.15, -0.1) is 11.3 Å². The molecule has 3 amide bonds. The summed E-state index contributed by atoms with van der Waals surface area (Å²) >= 11 is 1.35. The Morgan fingerprint density at radius 1 is 1.06 bits per heavy atom. The van der Waals surface area contributed by atoms with E-state index in [2.05, 4.69) is 10.3 Å². The molecule has 7 nitrogen and oxygen atoms in total. The van der Waals surface area contributed by atoms with E-state index in [1.54, 1.807) is 31.4 Å². The number of methoxy groups -OCH3 is 1. The summed E-state index contributed by atoms with van der Waals surface area (Å²) in [7, 11) is 1.68. The molecule has 2 heterocycles. The van der Waals surface area contributed by atoms with E-state index < -0.39 is 0 Å². The summed E-state index contributed by atoms with van der Waals surface area (Å²) in [6.07, 6.45) is 1.31. The second-order valence-electron chi connectivity index (χ2n) is 7.10. The van der Waals surface area contributed by atoms with Gasteiger partial charge in [0, 0.05) is 36.5 Å². The number of anilines is 2. The van der Waals surface area contributed by atoms with Crippen molar-refractivity contribution < 1.29 is 19.1 Å². The molecule has 1 N–H and O–H groups in total. The van der Waals surface area contributed by atoms with E-state index in [1.807, 2.05) is 29.6 Å². The summed E-state index contributed by atoms with van der Waals surface area (Å²) in [5, 5.41) is 5.19. The highest BCUT2D eigenvalue weighted by atomic mass is 32.1. The summed E-state index contributed by atoms with van der Waals surface area (Å²) in [6, 6.07) is 14.5. The predicted molar refractivity (Wildman–Crippen MR) is 119 cm³/mol. The Kier molecular flexibility index (Phi) is 6.20. The van der Waals surface area contributed by atoms with Gasteiger partial charge >= 0.3 is 0 Å². The van der Waals surface area contributed by atoms with Crippen LogP contribution in [0.5, 0.6) is 0 Å². The molecule has 0 atom stereocenters. The number of nitrogens with zero attached hydrogens (tertiary/aromatic N) is 2. The number of aromatic nitrogens is 1. The summed E-state index contributed by atoms with van der Waals surface area (Å²) in [6.45, 7) is 0.678. The number of hydrogen-bond donors (Lipinski definition) is 1. The number of thiazole rings is 1. The minimum absolute atomic E-state index is 0.218. The predicted octanol–water partition coefficient (Wildman–Crippen LogP) is 3.90. The fraction of sp³-hybridized carbons (Fsp3) is 0.217. The summed E-state index contributed by atoms with van der Waals surface area (Å²) in [4.78, 5) is 41.9. The molecule has 1 saturated heterocycles. The lowest BCUT2D eigenvalue weighted by Crippen LogP contribution is -2.28. The van der Waals surface area contributed by atoms with Crippen molar-refractivity contribution in [3.05, 3.63) is 65.0 Å². The van der Waals surface area contributed by atoms with Gasteiger partial charge in [0.2, 0.25) is 11.8 Å². The van der Waals surface area contributed by atoms with Crippen LogP contribution in [0.15, 0.2) is 53.9 Å². The molecule has 1 fully saturated rings. The van der Waals surface area contributed by atoms with Gasteiger partial charge in [0.15, 0.2) is 5.13 Å². The summed E-state index contributed by atoms with van der Waals surface area (Å²) < 4.78 is 5.10. The van der Waals surface area contributed by atoms with Crippen molar-refractivity contribution in [3.8, 4) is 11.3 Å². The lowest BCUT2D eigenvalue weighted by atomic mass is 10.1. The molecule has 158 valence electrons. The highest BCUT2D eigenvalue weighted by Crippen LogP contribution is 2.26. The first-order chi connectivity index (χ1) is 15.0. The molecule has 0 radical (unpaired) electrons. The lowest BCUT2D eigenvalue weighted by Gasteiger charge is -2.13. The monoisotopic (exact) mass is 435 g/mol. The molecule has 0 aliphatic carbocycles. The third kappa shape index (κ3) is 4.70. The van der Waals surface area contributed by atoms with Crippen LogP contribution in [-0.4, -0.2) is 36.4 Å². The first-order valence-corrected chi connectivity index (χ1v) is 10.7. The largest absolute Gasteiger partial charge is 0.384 e. The SMILES string of the molecule is COCCc1ccc(-c2csc(NC(=O)c3ccc(N4C(=O)CCC4=O)cc3)n2)cc1. The Balaban J connectivity index is 1.41. The standard InChI is InChI=1S/C23H21N3O4S/c1-30-13-12-15-2-4-16(5-3-15)19-14-31-23(24-19)25-22(29)17-6-8-18(9-7-17)26-20(27)10-11-21(26)28/h2-9,14H,10-13H2,1H3,(H,24,25,29). The average molecular weight is 436 g/mol. The van der Waals surface area contributed by atoms with E-state index in [0.29, 0.717) is 23.0 Å². The Labute approximate surface area is 183 Å². The van der Waals surface area contributed by atoms with Crippen molar-refractivity contribution in [2.45, 2.75) is 19.3 Å². The van der Waals surface area contributed by atoms with Crippen molar-refractivity contribution in [2.75, 3.05) is 23.9 Å². The number of benzene rings is 2. The van der Waals surface area contributed by atoms with E-state index in [1.165, 1.54) is 16.9 Å². The van der Waals surface area contributed by atoms with Crippen molar-refractivity contribution >= 4 is 39.9 Å². The van der Waals surface area contributed by atoms with Gasteiger partial charge in [0.1, 0.15) is 0 Å². The molecule has 1 aliphatic heterocycles. The van der Waals surface area contributed by atoms with Gasteiger partial charge in [-0.1, -0.05) is 24.3 Å². The number of carbonyl (C=O) groups excluding carboxylic acids is 3.